The Morgan fingerprint density at radius 1 is 0.974 bits per heavy atom. The fourth-order valence-corrected chi connectivity index (χ4v) is 4.61. The Morgan fingerprint density at radius 2 is 1.74 bits per heavy atom. The molecule has 9 nitrogen and oxygen atoms in total. The molecule has 0 bridgehead atoms. The maximum atomic E-state index is 13.6. The van der Waals surface area contributed by atoms with Crippen LogP contribution in [0, 0.1) is 0 Å². The fraction of sp³-hybridized carbons (Fsp3) is 0.467. The maximum Gasteiger partial charge on any atom is 0.328 e. The number of aryl methyl sites for hydroxylation is 1. The van der Waals surface area contributed by atoms with Crippen LogP contribution < -0.4 is 16.4 Å². The van der Waals surface area contributed by atoms with Gasteiger partial charge in [0.05, 0.1) is 26.4 Å². The lowest BCUT2D eigenvalue weighted by molar-refractivity contribution is -0.294. The number of esters is 1. The molecular formula is C30H42N4O5. The molecule has 5 N–H and O–H groups in total. The molecule has 3 rings (SSSR count). The zero-order valence-corrected chi connectivity index (χ0v) is 23.0. The summed E-state index contributed by atoms with van der Waals surface area (Å²) in [6, 6.07) is 16.5. The van der Waals surface area contributed by atoms with Crippen LogP contribution in [0.5, 0.6) is 0 Å². The van der Waals surface area contributed by atoms with Gasteiger partial charge in [0.2, 0.25) is 5.91 Å². The Labute approximate surface area is 230 Å². The van der Waals surface area contributed by atoms with Crippen molar-refractivity contribution in [3.05, 3.63) is 71.9 Å². The highest BCUT2D eigenvalue weighted by atomic mass is 17.2. The lowest BCUT2D eigenvalue weighted by Gasteiger charge is -2.27. The summed E-state index contributed by atoms with van der Waals surface area (Å²) in [6.07, 6.45) is 5.87. The summed E-state index contributed by atoms with van der Waals surface area (Å²) in [5, 5.41) is 7.43. The zero-order valence-electron chi connectivity index (χ0n) is 23.0. The van der Waals surface area contributed by atoms with E-state index in [1.54, 1.807) is 0 Å². The van der Waals surface area contributed by atoms with Crippen LogP contribution in [-0.2, 0) is 36.9 Å². The second-order valence-electron chi connectivity index (χ2n) is 9.56. The molecule has 1 amide bonds. The van der Waals surface area contributed by atoms with Crippen LogP contribution in [0.2, 0.25) is 0 Å². The molecule has 212 valence electrons. The molecule has 3 aromatic rings. The number of ether oxygens (including phenoxy) is 1. The highest BCUT2D eigenvalue weighted by molar-refractivity contribution is 5.89. The molecule has 9 heteroatoms. The van der Waals surface area contributed by atoms with Crippen molar-refractivity contribution in [1.29, 1.82) is 0 Å². The molecule has 2 aromatic carbocycles. The third kappa shape index (κ3) is 9.78. The molecule has 0 unspecified atom stereocenters. The van der Waals surface area contributed by atoms with E-state index in [0.29, 0.717) is 26.0 Å². The molecule has 0 aliphatic heterocycles. The van der Waals surface area contributed by atoms with Gasteiger partial charge in [-0.3, -0.25) is 4.79 Å². The fourth-order valence-electron chi connectivity index (χ4n) is 4.61. The van der Waals surface area contributed by atoms with E-state index in [9.17, 15) is 9.59 Å². The average Bonchev–Trinajstić information content (AvgIpc) is 3.37. The predicted octanol–water partition coefficient (Wildman–Crippen LogP) is 3.42. The molecule has 0 aliphatic rings. The number of hydrogen-bond acceptors (Lipinski definition) is 7. The van der Waals surface area contributed by atoms with Crippen molar-refractivity contribution in [1.82, 2.24) is 15.6 Å². The van der Waals surface area contributed by atoms with E-state index in [4.69, 9.17) is 20.2 Å². The first-order valence-corrected chi connectivity index (χ1v) is 13.7. The van der Waals surface area contributed by atoms with Gasteiger partial charge in [-0.05, 0) is 56.3 Å². The second-order valence-corrected chi connectivity index (χ2v) is 9.56. The van der Waals surface area contributed by atoms with Crippen molar-refractivity contribution in [3.8, 4) is 0 Å². The third-order valence-corrected chi connectivity index (χ3v) is 6.70. The Kier molecular flexibility index (Phi) is 12.9. The Hall–Kier alpha value is -3.24. The number of para-hydroxylation sites is 1. The number of rotatable bonds is 18. The smallest absolute Gasteiger partial charge is 0.328 e. The first-order valence-electron chi connectivity index (χ1n) is 13.7. The van der Waals surface area contributed by atoms with Crippen molar-refractivity contribution in [2.75, 3.05) is 26.9 Å². The van der Waals surface area contributed by atoms with Gasteiger partial charge in [0.15, 0.2) is 0 Å². The van der Waals surface area contributed by atoms with E-state index < -0.39 is 18.1 Å². The number of unbranched alkanes of at least 4 members (excludes halogenated alkanes) is 1. The molecule has 1 heterocycles. The molecule has 3 atom stereocenters. The highest BCUT2D eigenvalue weighted by Crippen LogP contribution is 2.19. The van der Waals surface area contributed by atoms with E-state index in [1.165, 1.54) is 12.7 Å². The second kappa shape index (κ2) is 16.7. The number of aromatic amines is 1. The Bertz CT molecular complexity index is 1140. The molecule has 0 radical (unpaired) electrons. The van der Waals surface area contributed by atoms with Gasteiger partial charge < -0.3 is 26.1 Å². The van der Waals surface area contributed by atoms with Crippen LogP contribution >= 0.6 is 0 Å². The van der Waals surface area contributed by atoms with Gasteiger partial charge in [0.25, 0.3) is 0 Å². The minimum atomic E-state index is -0.831. The van der Waals surface area contributed by atoms with Crippen LogP contribution in [0.25, 0.3) is 10.9 Å². The number of aromatic nitrogens is 1. The van der Waals surface area contributed by atoms with Gasteiger partial charge in [-0.15, -0.1) is 0 Å². The number of nitrogens with one attached hydrogen (secondary N) is 3. The zero-order chi connectivity index (χ0) is 27.9. The number of H-pyrrole nitrogens is 1. The minimum Gasteiger partial charge on any atom is -0.467 e. The molecule has 0 saturated heterocycles. The molecule has 0 saturated carbocycles. The number of carbonyl (C=O) groups is 2. The van der Waals surface area contributed by atoms with Crippen molar-refractivity contribution >= 4 is 22.8 Å². The molecular weight excluding hydrogens is 496 g/mol. The topological polar surface area (TPSA) is 128 Å². The number of amides is 1. The van der Waals surface area contributed by atoms with Gasteiger partial charge in [-0.25, -0.2) is 14.6 Å². The van der Waals surface area contributed by atoms with Crippen LogP contribution in [0.1, 0.15) is 43.7 Å². The van der Waals surface area contributed by atoms with E-state index >= 15 is 0 Å². The Balaban J connectivity index is 1.73. The van der Waals surface area contributed by atoms with E-state index in [1.807, 2.05) is 55.6 Å². The van der Waals surface area contributed by atoms with Crippen molar-refractivity contribution in [2.24, 2.45) is 5.73 Å². The first-order chi connectivity index (χ1) is 19.0. The lowest BCUT2D eigenvalue weighted by Crippen LogP contribution is -2.54. The summed E-state index contributed by atoms with van der Waals surface area (Å²) in [5.74, 6) is -0.752. The van der Waals surface area contributed by atoms with E-state index in [0.717, 1.165) is 42.1 Å². The quantitative estimate of drug-likeness (QED) is 0.0846. The summed E-state index contributed by atoms with van der Waals surface area (Å²) in [7, 11) is 1.33. The summed E-state index contributed by atoms with van der Waals surface area (Å²) in [4.78, 5) is 40.1. The number of benzene rings is 2. The van der Waals surface area contributed by atoms with Crippen LogP contribution in [0.3, 0.4) is 0 Å². The average molecular weight is 539 g/mol. The largest absolute Gasteiger partial charge is 0.467 e. The molecule has 0 spiro atoms. The number of fused-ring (bicyclic) bond motifs is 1. The van der Waals surface area contributed by atoms with Gasteiger partial charge in [-0.1, -0.05) is 55.0 Å². The van der Waals surface area contributed by atoms with Crippen LogP contribution in [0.15, 0.2) is 60.8 Å². The number of carbonyl (C=O) groups excluding carboxylic acids is 2. The van der Waals surface area contributed by atoms with Gasteiger partial charge in [-0.2, -0.15) is 0 Å². The summed E-state index contributed by atoms with van der Waals surface area (Å²) >= 11 is 0. The minimum absolute atomic E-state index is 0.143. The molecule has 0 fully saturated rings. The van der Waals surface area contributed by atoms with Crippen molar-refractivity contribution in [3.63, 3.8) is 0 Å². The molecule has 39 heavy (non-hydrogen) atoms. The molecule has 0 aliphatic carbocycles. The van der Waals surface area contributed by atoms with E-state index in [-0.39, 0.29) is 18.6 Å². The molecule has 1 aromatic heterocycles. The normalized spacial score (nSPS) is 13.6. The lowest BCUT2D eigenvalue weighted by atomic mass is 10.0. The Morgan fingerprint density at radius 3 is 2.49 bits per heavy atom. The SMILES string of the molecule is CCOOC[C@@H](CCc1ccccc1)N[C@@H](CCCCN)C(=O)N[C@@H](Cc1c[nH]c2ccccc12)C(=O)OC. The standard InChI is InChI=1S/C30H42N4O5/c1-3-38-39-21-24(17-16-22-11-5-4-6-12-22)33-27(15-9-10-18-31)29(35)34-28(30(36)37-2)19-23-20-32-26-14-8-7-13-25(23)26/h4-8,11-14,20,24,27-28,32-33H,3,9-10,15-19,21,31H2,1-2H3,(H,34,35)/t24-,27+,28+/m1/s1. The predicted molar refractivity (Wildman–Crippen MR) is 152 cm³/mol. The van der Waals surface area contributed by atoms with Crippen LogP contribution in [-0.4, -0.2) is 61.9 Å². The summed E-state index contributed by atoms with van der Waals surface area (Å²) in [6.45, 7) is 3.12. The van der Waals surface area contributed by atoms with Crippen molar-refractivity contribution < 1.29 is 24.1 Å². The number of methoxy groups -OCH3 is 1. The summed E-state index contributed by atoms with van der Waals surface area (Å²) < 4.78 is 5.05. The third-order valence-electron chi connectivity index (χ3n) is 6.70. The maximum absolute atomic E-state index is 13.6. The number of nitrogens with two attached hydrogens (primary N) is 1. The summed E-state index contributed by atoms with van der Waals surface area (Å²) in [5.41, 5.74) is 8.83. The van der Waals surface area contributed by atoms with Crippen molar-refractivity contribution in [2.45, 2.75) is 63.6 Å². The highest BCUT2D eigenvalue weighted by Gasteiger charge is 2.28. The van der Waals surface area contributed by atoms with E-state index in [2.05, 4.69) is 27.8 Å². The number of hydrogen-bond donors (Lipinski definition) is 4. The van der Waals surface area contributed by atoms with Gasteiger partial charge in [0.1, 0.15) is 6.04 Å². The van der Waals surface area contributed by atoms with Gasteiger partial charge in [0, 0.05) is 29.6 Å². The van der Waals surface area contributed by atoms with Gasteiger partial charge >= 0.3 is 5.97 Å². The first kappa shape index (κ1) is 30.3. The monoisotopic (exact) mass is 538 g/mol. The van der Waals surface area contributed by atoms with Crippen LogP contribution in [0.4, 0.5) is 0 Å².